The summed E-state index contributed by atoms with van der Waals surface area (Å²) in [5.41, 5.74) is 4.93. The standard InChI is InChI=1S/C21H23ClN6O4S/c1-3-33(24,32)14-8-9-15(16(22)10-14)18(29)28-13-6-4-12(5-7-13)21(20(23)31)17(19(30)25-2)26-11-27-21/h4-10,24,27H,3,11H2,1-2H3,(H2,23,31)(H,25,30)(H,28,29). The fourth-order valence-corrected chi connectivity index (χ4v) is 4.70. The number of nitrogens with two attached hydrogens (primary N) is 1. The normalized spacial score (nSPS) is 19.3. The predicted molar refractivity (Wildman–Crippen MR) is 126 cm³/mol. The minimum atomic E-state index is -2.96. The fraction of sp³-hybridized carbons (Fsp3) is 0.238. The van der Waals surface area contributed by atoms with Gasteiger partial charge in [0.25, 0.3) is 11.8 Å². The van der Waals surface area contributed by atoms with Gasteiger partial charge < -0.3 is 16.4 Å². The van der Waals surface area contributed by atoms with Gasteiger partial charge in [0.1, 0.15) is 5.71 Å². The highest BCUT2D eigenvalue weighted by atomic mass is 35.5. The Bertz CT molecular complexity index is 1260. The van der Waals surface area contributed by atoms with Gasteiger partial charge in [-0.15, -0.1) is 0 Å². The predicted octanol–water partition coefficient (Wildman–Crippen LogP) is 1.45. The van der Waals surface area contributed by atoms with E-state index in [1.807, 2.05) is 0 Å². The van der Waals surface area contributed by atoms with Gasteiger partial charge in [-0.25, -0.2) is 8.99 Å². The van der Waals surface area contributed by atoms with Crippen LogP contribution in [0.5, 0.6) is 0 Å². The van der Waals surface area contributed by atoms with E-state index < -0.39 is 33.0 Å². The molecule has 12 heteroatoms. The molecule has 174 valence electrons. The first kappa shape index (κ1) is 24.4. The molecule has 0 bridgehead atoms. The molecule has 3 amide bonds. The average Bonchev–Trinajstić information content (AvgIpc) is 3.25. The van der Waals surface area contributed by atoms with Crippen LogP contribution in [0, 0.1) is 4.78 Å². The van der Waals surface area contributed by atoms with Crippen LogP contribution in [0.3, 0.4) is 0 Å². The Kier molecular flexibility index (Phi) is 6.86. The summed E-state index contributed by atoms with van der Waals surface area (Å²) < 4.78 is 20.1. The molecule has 2 aromatic carbocycles. The van der Waals surface area contributed by atoms with Gasteiger partial charge in [0.05, 0.1) is 27.0 Å². The van der Waals surface area contributed by atoms with Crippen molar-refractivity contribution in [2.75, 3.05) is 24.8 Å². The summed E-state index contributed by atoms with van der Waals surface area (Å²) in [6, 6.07) is 10.4. The minimum absolute atomic E-state index is 0.0424. The van der Waals surface area contributed by atoms with E-state index in [-0.39, 0.29) is 33.6 Å². The third kappa shape index (κ3) is 4.47. The maximum absolute atomic E-state index is 12.7. The highest BCUT2D eigenvalue weighted by molar-refractivity contribution is 7.92. The summed E-state index contributed by atoms with van der Waals surface area (Å²) in [5.74, 6) is -1.70. The Morgan fingerprint density at radius 2 is 1.88 bits per heavy atom. The maximum Gasteiger partial charge on any atom is 0.267 e. The number of carbonyl (C=O) groups is 3. The minimum Gasteiger partial charge on any atom is -0.367 e. The molecule has 2 aromatic rings. The van der Waals surface area contributed by atoms with Crippen LogP contribution in [0.2, 0.25) is 5.02 Å². The summed E-state index contributed by atoms with van der Waals surface area (Å²) in [4.78, 5) is 41.6. The first-order valence-electron chi connectivity index (χ1n) is 9.86. The second-order valence-electron chi connectivity index (χ2n) is 7.17. The molecule has 2 atom stereocenters. The fourth-order valence-electron chi connectivity index (χ4n) is 3.44. The van der Waals surface area contributed by atoms with E-state index in [0.29, 0.717) is 11.3 Å². The SMILES string of the molecule is CCS(=N)(=O)c1ccc(C(=O)Nc2ccc(C3(C(N)=O)NCN=C3C(=O)NC)cc2)c(Cl)c1. The van der Waals surface area contributed by atoms with Crippen LogP contribution in [-0.2, 0) is 24.9 Å². The van der Waals surface area contributed by atoms with Gasteiger partial charge in [-0.2, -0.15) is 0 Å². The zero-order valence-electron chi connectivity index (χ0n) is 17.9. The molecule has 0 radical (unpaired) electrons. The second-order valence-corrected chi connectivity index (χ2v) is 9.98. The number of benzene rings is 2. The number of nitrogens with one attached hydrogen (secondary N) is 4. The van der Waals surface area contributed by atoms with Gasteiger partial charge >= 0.3 is 0 Å². The van der Waals surface area contributed by atoms with Crippen molar-refractivity contribution in [1.29, 1.82) is 4.78 Å². The number of amides is 3. The highest BCUT2D eigenvalue weighted by Gasteiger charge is 2.49. The molecule has 2 unspecified atom stereocenters. The van der Waals surface area contributed by atoms with Gasteiger partial charge in [-0.1, -0.05) is 30.7 Å². The number of anilines is 1. The van der Waals surface area contributed by atoms with Crippen LogP contribution in [0.1, 0.15) is 22.8 Å². The van der Waals surface area contributed by atoms with Crippen molar-refractivity contribution in [3.05, 3.63) is 58.6 Å². The molecular weight excluding hydrogens is 468 g/mol. The molecular formula is C21H23ClN6O4S. The first-order chi connectivity index (χ1) is 15.6. The van der Waals surface area contributed by atoms with Crippen LogP contribution < -0.4 is 21.7 Å². The van der Waals surface area contributed by atoms with E-state index >= 15 is 0 Å². The Morgan fingerprint density at radius 1 is 1.21 bits per heavy atom. The number of carbonyl (C=O) groups excluding carboxylic acids is 3. The van der Waals surface area contributed by atoms with Crippen molar-refractivity contribution in [3.63, 3.8) is 0 Å². The molecule has 33 heavy (non-hydrogen) atoms. The van der Waals surface area contributed by atoms with E-state index in [1.54, 1.807) is 31.2 Å². The van der Waals surface area contributed by atoms with Crippen LogP contribution in [0.4, 0.5) is 5.69 Å². The van der Waals surface area contributed by atoms with E-state index in [1.165, 1.54) is 25.2 Å². The Morgan fingerprint density at radius 3 is 2.42 bits per heavy atom. The van der Waals surface area contributed by atoms with Crippen molar-refractivity contribution in [1.82, 2.24) is 10.6 Å². The summed E-state index contributed by atoms with van der Waals surface area (Å²) in [7, 11) is -1.53. The molecule has 0 saturated heterocycles. The van der Waals surface area contributed by atoms with Crippen molar-refractivity contribution < 1.29 is 18.6 Å². The molecule has 6 N–H and O–H groups in total. The Hall–Kier alpha value is -3.28. The lowest BCUT2D eigenvalue weighted by atomic mass is 9.84. The molecule has 3 rings (SSSR count). The molecule has 0 aromatic heterocycles. The zero-order chi connectivity index (χ0) is 24.4. The topological polar surface area (TPSA) is 167 Å². The van der Waals surface area contributed by atoms with Crippen molar-refractivity contribution in [2.24, 2.45) is 10.7 Å². The summed E-state index contributed by atoms with van der Waals surface area (Å²) in [6.07, 6.45) is 0. The largest absolute Gasteiger partial charge is 0.367 e. The zero-order valence-corrected chi connectivity index (χ0v) is 19.5. The quantitative estimate of drug-likeness (QED) is 0.395. The van der Waals surface area contributed by atoms with Gasteiger partial charge in [-0.05, 0) is 35.9 Å². The number of hydrogen-bond donors (Lipinski definition) is 5. The molecule has 0 aliphatic carbocycles. The highest BCUT2D eigenvalue weighted by Crippen LogP contribution is 2.29. The third-order valence-electron chi connectivity index (χ3n) is 5.30. The monoisotopic (exact) mass is 490 g/mol. The number of primary amides is 1. The van der Waals surface area contributed by atoms with Crippen LogP contribution in [0.15, 0.2) is 52.4 Å². The molecule has 0 saturated carbocycles. The Labute approximate surface area is 196 Å². The number of nitrogens with zero attached hydrogens (tertiary/aromatic N) is 1. The van der Waals surface area contributed by atoms with Gasteiger partial charge in [0.15, 0.2) is 5.54 Å². The lowest BCUT2D eigenvalue weighted by Crippen LogP contribution is -2.58. The maximum atomic E-state index is 12.7. The first-order valence-corrected chi connectivity index (χ1v) is 12.0. The number of aliphatic imine (C=N–C) groups is 1. The van der Waals surface area contributed by atoms with Crippen LogP contribution in [0.25, 0.3) is 0 Å². The van der Waals surface area contributed by atoms with Crippen molar-refractivity contribution in [3.8, 4) is 0 Å². The van der Waals surface area contributed by atoms with Crippen molar-refractivity contribution >= 4 is 50.5 Å². The van der Waals surface area contributed by atoms with E-state index in [4.69, 9.17) is 22.1 Å². The molecule has 1 heterocycles. The number of halogens is 1. The molecule has 10 nitrogen and oxygen atoms in total. The third-order valence-corrected chi connectivity index (χ3v) is 7.44. The van der Waals surface area contributed by atoms with E-state index in [0.717, 1.165) is 0 Å². The second kappa shape index (κ2) is 9.30. The summed E-state index contributed by atoms with van der Waals surface area (Å²) in [6.45, 7) is 1.68. The number of hydrogen-bond acceptors (Lipinski definition) is 7. The van der Waals surface area contributed by atoms with Gasteiger partial charge in [0.2, 0.25) is 5.91 Å². The molecule has 0 fully saturated rings. The summed E-state index contributed by atoms with van der Waals surface area (Å²) >= 11 is 6.20. The van der Waals surface area contributed by atoms with E-state index in [2.05, 4.69) is 20.9 Å². The average molecular weight is 491 g/mol. The van der Waals surface area contributed by atoms with E-state index in [9.17, 15) is 18.6 Å². The Balaban J connectivity index is 1.85. The van der Waals surface area contributed by atoms with Gasteiger partial charge in [-0.3, -0.25) is 24.7 Å². The van der Waals surface area contributed by atoms with Crippen molar-refractivity contribution in [2.45, 2.75) is 17.4 Å². The molecule has 1 aliphatic rings. The number of rotatable bonds is 7. The molecule has 1 aliphatic heterocycles. The summed E-state index contributed by atoms with van der Waals surface area (Å²) in [5, 5.41) is 8.09. The van der Waals surface area contributed by atoms with Gasteiger partial charge in [0, 0.05) is 23.4 Å². The lowest BCUT2D eigenvalue weighted by molar-refractivity contribution is -0.123. The van der Waals surface area contributed by atoms with Crippen LogP contribution >= 0.6 is 11.6 Å². The lowest BCUT2D eigenvalue weighted by Gasteiger charge is -2.27. The smallest absolute Gasteiger partial charge is 0.267 e. The molecule has 0 spiro atoms. The van der Waals surface area contributed by atoms with Crippen LogP contribution in [-0.4, -0.2) is 47.1 Å².